The van der Waals surface area contributed by atoms with Crippen LogP contribution in [0.25, 0.3) is 0 Å². The molecule has 0 aliphatic carbocycles. The van der Waals surface area contributed by atoms with E-state index in [1.807, 2.05) is 13.8 Å². The van der Waals surface area contributed by atoms with E-state index in [-0.39, 0.29) is 5.92 Å². The van der Waals surface area contributed by atoms with Crippen LogP contribution in [0.15, 0.2) is 5.16 Å². The van der Waals surface area contributed by atoms with Gasteiger partial charge in [-0.25, -0.2) is 0 Å². The Morgan fingerprint density at radius 2 is 2.20 bits per heavy atom. The summed E-state index contributed by atoms with van der Waals surface area (Å²) in [7, 11) is 1.46. The Balaban J connectivity index is 3.86. The van der Waals surface area contributed by atoms with Gasteiger partial charge in [-0.3, -0.25) is 0 Å². The van der Waals surface area contributed by atoms with E-state index in [2.05, 4.69) is 16.1 Å². The molecule has 0 aromatic heterocycles. The standard InChI is InChI=1S/C7H12N2O/c1-6(2)7(4-8)5-9-10-3/h5-7H,1-3H3/b9-5+. The van der Waals surface area contributed by atoms with Crippen molar-refractivity contribution in [1.29, 1.82) is 5.26 Å². The third kappa shape index (κ3) is 3.08. The average molecular weight is 140 g/mol. The molecule has 10 heavy (non-hydrogen) atoms. The maximum atomic E-state index is 8.53. The largest absolute Gasteiger partial charge is 0.399 e. The lowest BCUT2D eigenvalue weighted by Gasteiger charge is -2.04. The number of hydrogen-bond donors (Lipinski definition) is 0. The Hall–Kier alpha value is -1.04. The van der Waals surface area contributed by atoms with Gasteiger partial charge in [-0.15, -0.1) is 0 Å². The van der Waals surface area contributed by atoms with Gasteiger partial charge in [0.2, 0.25) is 0 Å². The van der Waals surface area contributed by atoms with Crippen LogP contribution in [-0.2, 0) is 4.84 Å². The number of rotatable bonds is 3. The van der Waals surface area contributed by atoms with Crippen molar-refractivity contribution in [3.63, 3.8) is 0 Å². The summed E-state index contributed by atoms with van der Waals surface area (Å²) < 4.78 is 0. The van der Waals surface area contributed by atoms with E-state index >= 15 is 0 Å². The molecule has 0 spiro atoms. The quantitative estimate of drug-likeness (QED) is 0.439. The minimum Gasteiger partial charge on any atom is -0.399 e. The predicted octanol–water partition coefficient (Wildman–Crippen LogP) is 1.41. The van der Waals surface area contributed by atoms with Gasteiger partial charge < -0.3 is 4.84 Å². The summed E-state index contributed by atoms with van der Waals surface area (Å²) in [5, 5.41) is 12.0. The van der Waals surface area contributed by atoms with Crippen molar-refractivity contribution in [3.05, 3.63) is 0 Å². The highest BCUT2D eigenvalue weighted by atomic mass is 16.6. The van der Waals surface area contributed by atoms with Crippen LogP contribution in [-0.4, -0.2) is 13.3 Å². The predicted molar refractivity (Wildman–Crippen MR) is 39.4 cm³/mol. The summed E-state index contributed by atoms with van der Waals surface area (Å²) in [4.78, 5) is 4.44. The lowest BCUT2D eigenvalue weighted by atomic mass is 9.99. The molecular weight excluding hydrogens is 128 g/mol. The van der Waals surface area contributed by atoms with Gasteiger partial charge >= 0.3 is 0 Å². The molecule has 0 N–H and O–H groups in total. The molecule has 1 unspecified atom stereocenters. The first-order valence-corrected chi connectivity index (χ1v) is 3.18. The molecule has 0 aliphatic heterocycles. The molecule has 3 heteroatoms. The summed E-state index contributed by atoms with van der Waals surface area (Å²) in [6.45, 7) is 3.94. The Morgan fingerprint density at radius 3 is 2.50 bits per heavy atom. The fourth-order valence-electron chi connectivity index (χ4n) is 0.481. The molecule has 0 heterocycles. The van der Waals surface area contributed by atoms with Crippen molar-refractivity contribution in [2.24, 2.45) is 17.0 Å². The van der Waals surface area contributed by atoms with Crippen LogP contribution in [0, 0.1) is 23.2 Å². The van der Waals surface area contributed by atoms with E-state index in [9.17, 15) is 0 Å². The molecule has 0 aromatic rings. The second-order valence-corrected chi connectivity index (χ2v) is 2.34. The zero-order valence-electron chi connectivity index (χ0n) is 6.53. The van der Waals surface area contributed by atoms with Gasteiger partial charge in [0.25, 0.3) is 0 Å². The molecular formula is C7H12N2O. The van der Waals surface area contributed by atoms with E-state index in [1.54, 1.807) is 0 Å². The van der Waals surface area contributed by atoms with Gasteiger partial charge in [-0.05, 0) is 5.92 Å². The number of oxime groups is 1. The molecule has 0 saturated heterocycles. The summed E-state index contributed by atoms with van der Waals surface area (Å²) >= 11 is 0. The number of nitrogens with zero attached hydrogens (tertiary/aromatic N) is 2. The van der Waals surface area contributed by atoms with Crippen LogP contribution in [0.2, 0.25) is 0 Å². The van der Waals surface area contributed by atoms with Crippen LogP contribution in [0.1, 0.15) is 13.8 Å². The van der Waals surface area contributed by atoms with E-state index in [1.165, 1.54) is 13.3 Å². The lowest BCUT2D eigenvalue weighted by Crippen LogP contribution is -2.07. The monoisotopic (exact) mass is 140 g/mol. The van der Waals surface area contributed by atoms with Gasteiger partial charge in [0.05, 0.1) is 18.2 Å². The molecule has 0 saturated carbocycles. The highest BCUT2D eigenvalue weighted by Gasteiger charge is 2.08. The minimum atomic E-state index is -0.139. The maximum Gasteiger partial charge on any atom is 0.106 e. The van der Waals surface area contributed by atoms with Crippen LogP contribution in [0.3, 0.4) is 0 Å². The molecule has 3 nitrogen and oxygen atoms in total. The third-order valence-corrected chi connectivity index (χ3v) is 1.19. The molecule has 0 radical (unpaired) electrons. The normalized spacial score (nSPS) is 13.5. The van der Waals surface area contributed by atoms with Crippen molar-refractivity contribution >= 4 is 6.21 Å². The van der Waals surface area contributed by atoms with Crippen LogP contribution in [0.4, 0.5) is 0 Å². The fourth-order valence-corrected chi connectivity index (χ4v) is 0.481. The molecule has 0 aromatic carbocycles. The van der Waals surface area contributed by atoms with Crippen LogP contribution in [0.5, 0.6) is 0 Å². The Bertz CT molecular complexity index is 146. The van der Waals surface area contributed by atoms with Crippen molar-refractivity contribution in [2.45, 2.75) is 13.8 Å². The first-order valence-electron chi connectivity index (χ1n) is 3.18. The van der Waals surface area contributed by atoms with Crippen molar-refractivity contribution in [1.82, 2.24) is 0 Å². The summed E-state index contributed by atoms with van der Waals surface area (Å²) in [6, 6.07) is 2.11. The first kappa shape index (κ1) is 8.96. The van der Waals surface area contributed by atoms with E-state index in [0.29, 0.717) is 5.92 Å². The molecule has 0 fully saturated rings. The van der Waals surface area contributed by atoms with E-state index in [0.717, 1.165) is 0 Å². The second kappa shape index (κ2) is 4.80. The number of nitriles is 1. The summed E-state index contributed by atoms with van der Waals surface area (Å²) in [5.74, 6) is 0.156. The highest BCUT2D eigenvalue weighted by molar-refractivity contribution is 5.63. The fraction of sp³-hybridized carbons (Fsp3) is 0.714. The zero-order chi connectivity index (χ0) is 7.98. The molecule has 56 valence electrons. The smallest absolute Gasteiger partial charge is 0.106 e. The minimum absolute atomic E-state index is 0.139. The van der Waals surface area contributed by atoms with Crippen LogP contribution < -0.4 is 0 Å². The van der Waals surface area contributed by atoms with Crippen LogP contribution >= 0.6 is 0 Å². The van der Waals surface area contributed by atoms with E-state index < -0.39 is 0 Å². The molecule has 0 bridgehead atoms. The Labute approximate surface area is 61.3 Å². The third-order valence-electron chi connectivity index (χ3n) is 1.19. The molecule has 0 rings (SSSR count). The lowest BCUT2D eigenvalue weighted by molar-refractivity contribution is 0.213. The molecule has 0 aliphatic rings. The number of hydrogen-bond acceptors (Lipinski definition) is 3. The van der Waals surface area contributed by atoms with Gasteiger partial charge in [-0.1, -0.05) is 19.0 Å². The maximum absolute atomic E-state index is 8.53. The summed E-state index contributed by atoms with van der Waals surface area (Å²) in [5.41, 5.74) is 0. The van der Waals surface area contributed by atoms with Crippen molar-refractivity contribution in [2.75, 3.05) is 7.11 Å². The van der Waals surface area contributed by atoms with E-state index in [4.69, 9.17) is 5.26 Å². The van der Waals surface area contributed by atoms with Gasteiger partial charge in [0, 0.05) is 0 Å². The topological polar surface area (TPSA) is 45.4 Å². The first-order chi connectivity index (χ1) is 4.72. The highest BCUT2D eigenvalue weighted by Crippen LogP contribution is 2.05. The molecule has 0 amide bonds. The summed E-state index contributed by atoms with van der Waals surface area (Å²) in [6.07, 6.45) is 1.52. The zero-order valence-corrected chi connectivity index (χ0v) is 6.53. The Morgan fingerprint density at radius 1 is 1.60 bits per heavy atom. The van der Waals surface area contributed by atoms with Crippen molar-refractivity contribution < 1.29 is 4.84 Å². The van der Waals surface area contributed by atoms with Gasteiger partial charge in [0.1, 0.15) is 7.11 Å². The molecule has 1 atom stereocenters. The second-order valence-electron chi connectivity index (χ2n) is 2.34. The SMILES string of the molecule is CO/N=C/C(C#N)C(C)C. The Kier molecular flexibility index (Phi) is 4.30. The van der Waals surface area contributed by atoms with Gasteiger partial charge in [-0.2, -0.15) is 5.26 Å². The van der Waals surface area contributed by atoms with Crippen molar-refractivity contribution in [3.8, 4) is 6.07 Å². The average Bonchev–Trinajstić information content (AvgIpc) is 1.89. The van der Waals surface area contributed by atoms with Gasteiger partial charge in [0.15, 0.2) is 0 Å².